The fourth-order valence-electron chi connectivity index (χ4n) is 3.01. The molecule has 1 aliphatic heterocycles. The molecular formula is C12H23NO. The van der Waals surface area contributed by atoms with Gasteiger partial charge in [0.05, 0.1) is 6.10 Å². The van der Waals surface area contributed by atoms with Crippen molar-refractivity contribution in [3.8, 4) is 0 Å². The summed E-state index contributed by atoms with van der Waals surface area (Å²) in [4.78, 5) is 2.53. The highest BCUT2D eigenvalue weighted by Crippen LogP contribution is 2.31. The van der Waals surface area contributed by atoms with Crippen LogP contribution in [0, 0.1) is 11.8 Å². The lowest BCUT2D eigenvalue weighted by molar-refractivity contribution is 0.0817. The van der Waals surface area contributed by atoms with E-state index in [9.17, 15) is 5.11 Å². The second-order valence-corrected chi connectivity index (χ2v) is 5.35. The number of aliphatic hydroxyl groups excluding tert-OH is 1. The summed E-state index contributed by atoms with van der Waals surface area (Å²) in [5.74, 6) is 1.67. The number of aliphatic hydroxyl groups is 1. The Morgan fingerprint density at radius 2 is 2.00 bits per heavy atom. The third-order valence-electron chi connectivity index (χ3n) is 4.11. The van der Waals surface area contributed by atoms with E-state index < -0.39 is 0 Å². The minimum Gasteiger partial charge on any atom is -0.391 e. The van der Waals surface area contributed by atoms with Gasteiger partial charge in [-0.2, -0.15) is 0 Å². The number of likely N-dealkylation sites (tertiary alicyclic amines) is 1. The van der Waals surface area contributed by atoms with E-state index in [1.54, 1.807) is 0 Å². The zero-order chi connectivity index (χ0) is 10.1. The summed E-state index contributed by atoms with van der Waals surface area (Å²) < 4.78 is 0. The smallest absolute Gasteiger partial charge is 0.0695 e. The summed E-state index contributed by atoms with van der Waals surface area (Å²) in [5, 5.41) is 9.83. The number of nitrogens with zero attached hydrogens (tertiary/aromatic N) is 1. The summed E-state index contributed by atoms with van der Waals surface area (Å²) in [6.45, 7) is 7.07. The van der Waals surface area contributed by atoms with Crippen molar-refractivity contribution >= 4 is 0 Å². The van der Waals surface area contributed by atoms with Crippen molar-refractivity contribution in [1.29, 1.82) is 0 Å². The zero-order valence-electron chi connectivity index (χ0n) is 9.45. The van der Waals surface area contributed by atoms with Gasteiger partial charge in [0, 0.05) is 12.6 Å². The van der Waals surface area contributed by atoms with Crippen molar-refractivity contribution in [3.05, 3.63) is 0 Å². The predicted molar refractivity (Wildman–Crippen MR) is 58.2 cm³/mol. The molecule has 0 radical (unpaired) electrons. The van der Waals surface area contributed by atoms with Gasteiger partial charge in [-0.25, -0.2) is 0 Å². The van der Waals surface area contributed by atoms with Crippen LogP contribution in [0.15, 0.2) is 0 Å². The highest BCUT2D eigenvalue weighted by atomic mass is 16.3. The van der Waals surface area contributed by atoms with Crippen molar-refractivity contribution in [2.75, 3.05) is 13.1 Å². The van der Waals surface area contributed by atoms with E-state index in [1.807, 2.05) is 0 Å². The van der Waals surface area contributed by atoms with E-state index in [2.05, 4.69) is 18.7 Å². The lowest BCUT2D eigenvalue weighted by atomic mass is 9.95. The fraction of sp³-hybridized carbons (Fsp3) is 1.00. The Balaban J connectivity index is 1.88. The second kappa shape index (κ2) is 4.19. The second-order valence-electron chi connectivity index (χ2n) is 5.35. The Labute approximate surface area is 87.3 Å². The van der Waals surface area contributed by atoms with Crippen molar-refractivity contribution in [3.63, 3.8) is 0 Å². The Kier molecular flexibility index (Phi) is 3.13. The summed E-state index contributed by atoms with van der Waals surface area (Å²) in [5.41, 5.74) is 0. The minimum absolute atomic E-state index is 0.0408. The van der Waals surface area contributed by atoms with Crippen molar-refractivity contribution in [2.45, 2.75) is 51.7 Å². The molecule has 1 N–H and O–H groups in total. The molecule has 82 valence electrons. The first-order valence-corrected chi connectivity index (χ1v) is 6.10. The number of rotatable bonds is 2. The number of hydrogen-bond donors (Lipinski definition) is 1. The van der Waals surface area contributed by atoms with Gasteiger partial charge in [-0.1, -0.05) is 13.8 Å². The molecule has 0 spiro atoms. The van der Waals surface area contributed by atoms with Crippen LogP contribution in [-0.4, -0.2) is 35.2 Å². The molecule has 0 aromatic heterocycles. The van der Waals surface area contributed by atoms with Gasteiger partial charge in [0.25, 0.3) is 0 Å². The van der Waals surface area contributed by atoms with Crippen LogP contribution in [-0.2, 0) is 0 Å². The average molecular weight is 197 g/mol. The minimum atomic E-state index is -0.0408. The first-order valence-electron chi connectivity index (χ1n) is 6.10. The third kappa shape index (κ3) is 1.96. The van der Waals surface area contributed by atoms with Crippen LogP contribution in [0.5, 0.6) is 0 Å². The largest absolute Gasteiger partial charge is 0.391 e. The molecule has 1 saturated carbocycles. The average Bonchev–Trinajstić information content (AvgIpc) is 2.71. The van der Waals surface area contributed by atoms with E-state index >= 15 is 0 Å². The van der Waals surface area contributed by atoms with Crippen LogP contribution in [0.1, 0.15) is 39.5 Å². The van der Waals surface area contributed by atoms with Crippen LogP contribution >= 0.6 is 0 Å². The van der Waals surface area contributed by atoms with Crippen LogP contribution < -0.4 is 0 Å². The summed E-state index contributed by atoms with van der Waals surface area (Å²) in [6, 6.07) is 0.485. The molecule has 0 bridgehead atoms. The highest BCUT2D eigenvalue weighted by molar-refractivity contribution is 4.89. The van der Waals surface area contributed by atoms with Crippen LogP contribution in [0.3, 0.4) is 0 Å². The van der Waals surface area contributed by atoms with Gasteiger partial charge in [-0.15, -0.1) is 0 Å². The molecule has 1 saturated heterocycles. The molecule has 1 heterocycles. The first kappa shape index (κ1) is 10.4. The molecule has 3 unspecified atom stereocenters. The van der Waals surface area contributed by atoms with Gasteiger partial charge in [0.2, 0.25) is 0 Å². The van der Waals surface area contributed by atoms with Gasteiger partial charge in [0.1, 0.15) is 0 Å². The van der Waals surface area contributed by atoms with Crippen LogP contribution in [0.2, 0.25) is 0 Å². The molecule has 2 fully saturated rings. The summed E-state index contributed by atoms with van der Waals surface area (Å²) >= 11 is 0. The first-order chi connectivity index (χ1) is 6.68. The maximum absolute atomic E-state index is 9.83. The molecule has 2 heteroatoms. The van der Waals surface area contributed by atoms with Crippen LogP contribution in [0.4, 0.5) is 0 Å². The van der Waals surface area contributed by atoms with E-state index in [0.717, 1.165) is 18.3 Å². The monoisotopic (exact) mass is 197 g/mol. The van der Waals surface area contributed by atoms with Crippen LogP contribution in [0.25, 0.3) is 0 Å². The van der Waals surface area contributed by atoms with Gasteiger partial charge >= 0.3 is 0 Å². The SMILES string of the molecule is CC(C)C1CCN(C2CCCC2O)C1. The fourth-order valence-corrected chi connectivity index (χ4v) is 3.01. The van der Waals surface area contributed by atoms with Crippen molar-refractivity contribution in [1.82, 2.24) is 4.90 Å². The quantitative estimate of drug-likeness (QED) is 0.730. The molecule has 0 aromatic carbocycles. The molecule has 0 aromatic rings. The molecule has 2 aliphatic rings. The van der Waals surface area contributed by atoms with Crippen molar-refractivity contribution < 1.29 is 5.11 Å². The Hall–Kier alpha value is -0.0800. The maximum atomic E-state index is 9.83. The predicted octanol–water partition coefficient (Wildman–Crippen LogP) is 1.88. The van der Waals surface area contributed by atoms with Gasteiger partial charge in [-0.05, 0) is 44.1 Å². The standard InChI is InChI=1S/C12H23NO/c1-9(2)10-6-7-13(8-10)11-4-3-5-12(11)14/h9-12,14H,3-8H2,1-2H3. The Bertz CT molecular complexity index is 193. The summed E-state index contributed by atoms with van der Waals surface area (Å²) in [7, 11) is 0. The molecule has 1 aliphatic carbocycles. The Morgan fingerprint density at radius 3 is 2.50 bits per heavy atom. The van der Waals surface area contributed by atoms with E-state index in [-0.39, 0.29) is 6.10 Å². The third-order valence-corrected chi connectivity index (χ3v) is 4.11. The molecule has 2 nitrogen and oxygen atoms in total. The molecular weight excluding hydrogens is 174 g/mol. The number of hydrogen-bond acceptors (Lipinski definition) is 2. The summed E-state index contributed by atoms with van der Waals surface area (Å²) in [6.07, 6.45) is 4.75. The Morgan fingerprint density at radius 1 is 1.21 bits per heavy atom. The topological polar surface area (TPSA) is 23.5 Å². The van der Waals surface area contributed by atoms with Crippen molar-refractivity contribution in [2.24, 2.45) is 11.8 Å². The lowest BCUT2D eigenvalue weighted by Crippen LogP contribution is -2.39. The molecule has 2 rings (SSSR count). The van der Waals surface area contributed by atoms with Gasteiger partial charge in [-0.3, -0.25) is 4.90 Å². The van der Waals surface area contributed by atoms with E-state index in [4.69, 9.17) is 0 Å². The molecule has 14 heavy (non-hydrogen) atoms. The lowest BCUT2D eigenvalue weighted by Gasteiger charge is -2.27. The highest BCUT2D eigenvalue weighted by Gasteiger charge is 2.35. The maximum Gasteiger partial charge on any atom is 0.0695 e. The van der Waals surface area contributed by atoms with E-state index in [1.165, 1.54) is 32.4 Å². The van der Waals surface area contributed by atoms with Gasteiger partial charge < -0.3 is 5.11 Å². The van der Waals surface area contributed by atoms with Gasteiger partial charge in [0.15, 0.2) is 0 Å². The zero-order valence-corrected chi connectivity index (χ0v) is 9.45. The normalized spacial score (nSPS) is 39.9. The molecule has 0 amide bonds. The van der Waals surface area contributed by atoms with E-state index in [0.29, 0.717) is 6.04 Å². The molecule has 3 atom stereocenters.